The molecule has 2 N–H and O–H groups in total. The highest BCUT2D eigenvalue weighted by molar-refractivity contribution is 5.81. The van der Waals surface area contributed by atoms with Crippen LogP contribution in [0.5, 0.6) is 0 Å². The average molecular weight is 266 g/mol. The molecule has 0 aliphatic heterocycles. The summed E-state index contributed by atoms with van der Waals surface area (Å²) in [5, 5.41) is 0. The molecule has 0 heterocycles. The maximum absolute atomic E-state index is 13.6. The Morgan fingerprint density at radius 3 is 2.53 bits per heavy atom. The van der Waals surface area contributed by atoms with Crippen LogP contribution in [0.2, 0.25) is 0 Å². The van der Waals surface area contributed by atoms with Crippen LogP contribution in [0.25, 0.3) is 0 Å². The van der Waals surface area contributed by atoms with Crippen LogP contribution >= 0.6 is 0 Å². The summed E-state index contributed by atoms with van der Waals surface area (Å²) in [6.07, 6.45) is 0.645. The Bertz CT molecular complexity index is 420. The predicted octanol–water partition coefficient (Wildman–Crippen LogP) is 2.55. The van der Waals surface area contributed by atoms with E-state index in [2.05, 4.69) is 0 Å². The van der Waals surface area contributed by atoms with E-state index in [1.54, 1.807) is 23.1 Å². The van der Waals surface area contributed by atoms with Crippen molar-refractivity contribution in [3.63, 3.8) is 0 Å². The SMILES string of the molecule is CCN(Cc1ccccc1F)C(=O)[C@H](N)CC(C)C. The van der Waals surface area contributed by atoms with Crippen molar-refractivity contribution >= 4 is 5.91 Å². The molecule has 0 saturated carbocycles. The van der Waals surface area contributed by atoms with Gasteiger partial charge in [-0.3, -0.25) is 4.79 Å². The summed E-state index contributed by atoms with van der Waals surface area (Å²) in [7, 11) is 0. The van der Waals surface area contributed by atoms with Gasteiger partial charge in [-0.25, -0.2) is 4.39 Å². The van der Waals surface area contributed by atoms with Gasteiger partial charge >= 0.3 is 0 Å². The van der Waals surface area contributed by atoms with Crippen LogP contribution < -0.4 is 5.73 Å². The third-order valence-electron chi connectivity index (χ3n) is 3.05. The number of likely N-dealkylation sites (N-methyl/N-ethyl adjacent to an activating group) is 1. The van der Waals surface area contributed by atoms with Gasteiger partial charge in [0.1, 0.15) is 5.82 Å². The van der Waals surface area contributed by atoms with Crippen LogP contribution in [0, 0.1) is 11.7 Å². The highest BCUT2D eigenvalue weighted by Crippen LogP contribution is 2.12. The number of benzene rings is 1. The maximum atomic E-state index is 13.6. The van der Waals surface area contributed by atoms with Gasteiger partial charge in [-0.05, 0) is 25.3 Å². The van der Waals surface area contributed by atoms with Crippen LogP contribution in [0.4, 0.5) is 4.39 Å². The molecule has 0 aliphatic rings. The minimum atomic E-state index is -0.508. The van der Waals surface area contributed by atoms with Gasteiger partial charge in [-0.1, -0.05) is 32.0 Å². The van der Waals surface area contributed by atoms with Crippen molar-refractivity contribution in [2.45, 2.75) is 39.8 Å². The molecule has 106 valence electrons. The van der Waals surface area contributed by atoms with E-state index >= 15 is 0 Å². The van der Waals surface area contributed by atoms with Gasteiger partial charge in [-0.15, -0.1) is 0 Å². The van der Waals surface area contributed by atoms with E-state index < -0.39 is 6.04 Å². The summed E-state index contributed by atoms with van der Waals surface area (Å²) < 4.78 is 13.6. The normalized spacial score (nSPS) is 12.5. The molecule has 0 fully saturated rings. The van der Waals surface area contributed by atoms with Crippen molar-refractivity contribution in [3.8, 4) is 0 Å². The molecular formula is C15H23FN2O. The van der Waals surface area contributed by atoms with E-state index in [4.69, 9.17) is 5.73 Å². The van der Waals surface area contributed by atoms with Gasteiger partial charge < -0.3 is 10.6 Å². The Morgan fingerprint density at radius 2 is 2.00 bits per heavy atom. The summed E-state index contributed by atoms with van der Waals surface area (Å²) >= 11 is 0. The molecule has 0 aliphatic carbocycles. The Labute approximate surface area is 114 Å². The molecule has 3 nitrogen and oxygen atoms in total. The molecule has 19 heavy (non-hydrogen) atoms. The average Bonchev–Trinajstić information content (AvgIpc) is 2.36. The van der Waals surface area contributed by atoms with Crippen LogP contribution in [0.15, 0.2) is 24.3 Å². The number of hydrogen-bond acceptors (Lipinski definition) is 2. The number of hydrogen-bond donors (Lipinski definition) is 1. The van der Waals surface area contributed by atoms with E-state index in [1.165, 1.54) is 6.07 Å². The lowest BCUT2D eigenvalue weighted by atomic mass is 10.0. The second-order valence-corrected chi connectivity index (χ2v) is 5.18. The summed E-state index contributed by atoms with van der Waals surface area (Å²) in [5.74, 6) is -0.0308. The summed E-state index contributed by atoms with van der Waals surface area (Å²) in [6, 6.07) is 6.00. The maximum Gasteiger partial charge on any atom is 0.239 e. The molecule has 4 heteroatoms. The summed E-state index contributed by atoms with van der Waals surface area (Å²) in [6.45, 7) is 6.73. The van der Waals surface area contributed by atoms with Crippen molar-refractivity contribution in [1.82, 2.24) is 4.90 Å². The number of carbonyl (C=O) groups excluding carboxylic acids is 1. The van der Waals surface area contributed by atoms with Crippen molar-refractivity contribution < 1.29 is 9.18 Å². The lowest BCUT2D eigenvalue weighted by molar-refractivity contribution is -0.133. The molecule has 1 amide bonds. The van der Waals surface area contributed by atoms with E-state index in [9.17, 15) is 9.18 Å². The molecule has 0 saturated heterocycles. The van der Waals surface area contributed by atoms with Gasteiger partial charge in [0.2, 0.25) is 5.91 Å². The fraction of sp³-hybridized carbons (Fsp3) is 0.533. The fourth-order valence-corrected chi connectivity index (χ4v) is 2.02. The minimum Gasteiger partial charge on any atom is -0.337 e. The molecule has 0 unspecified atom stereocenters. The molecule has 1 aromatic rings. The van der Waals surface area contributed by atoms with E-state index in [0.717, 1.165) is 0 Å². The molecule has 0 radical (unpaired) electrons. The van der Waals surface area contributed by atoms with Crippen molar-refractivity contribution in [3.05, 3.63) is 35.6 Å². The van der Waals surface area contributed by atoms with Gasteiger partial charge in [-0.2, -0.15) is 0 Å². The summed E-state index contributed by atoms with van der Waals surface area (Å²) in [5.41, 5.74) is 6.42. The first-order valence-corrected chi connectivity index (χ1v) is 6.73. The number of carbonyl (C=O) groups is 1. The topological polar surface area (TPSA) is 46.3 Å². The Morgan fingerprint density at radius 1 is 1.37 bits per heavy atom. The number of amides is 1. The van der Waals surface area contributed by atoms with Crippen molar-refractivity contribution in [2.24, 2.45) is 11.7 Å². The summed E-state index contributed by atoms with van der Waals surface area (Å²) in [4.78, 5) is 13.8. The number of nitrogens with two attached hydrogens (primary N) is 1. The first-order chi connectivity index (χ1) is 8.95. The van der Waals surface area contributed by atoms with E-state index in [-0.39, 0.29) is 18.3 Å². The zero-order chi connectivity index (χ0) is 14.4. The zero-order valence-corrected chi connectivity index (χ0v) is 11.9. The number of halogens is 1. The number of rotatable bonds is 6. The van der Waals surface area contributed by atoms with Crippen LogP contribution in [0.3, 0.4) is 0 Å². The Kier molecular flexibility index (Phi) is 5.96. The quantitative estimate of drug-likeness (QED) is 0.860. The van der Waals surface area contributed by atoms with Crippen molar-refractivity contribution in [1.29, 1.82) is 0 Å². The first kappa shape index (κ1) is 15.6. The van der Waals surface area contributed by atoms with Crippen LogP contribution in [-0.4, -0.2) is 23.4 Å². The number of nitrogens with zero attached hydrogens (tertiary/aromatic N) is 1. The Balaban J connectivity index is 2.73. The highest BCUT2D eigenvalue weighted by atomic mass is 19.1. The van der Waals surface area contributed by atoms with E-state index in [1.807, 2.05) is 20.8 Å². The minimum absolute atomic E-state index is 0.112. The smallest absolute Gasteiger partial charge is 0.239 e. The highest BCUT2D eigenvalue weighted by Gasteiger charge is 2.21. The van der Waals surface area contributed by atoms with Gasteiger partial charge in [0, 0.05) is 18.7 Å². The largest absolute Gasteiger partial charge is 0.337 e. The van der Waals surface area contributed by atoms with E-state index in [0.29, 0.717) is 24.4 Å². The molecule has 1 rings (SSSR count). The molecule has 0 bridgehead atoms. The molecule has 0 aromatic heterocycles. The Hall–Kier alpha value is -1.42. The standard InChI is InChI=1S/C15H23FN2O/c1-4-18(15(19)14(17)9-11(2)3)10-12-7-5-6-8-13(12)16/h5-8,11,14H,4,9-10,17H2,1-3H3/t14-/m1/s1. The lowest BCUT2D eigenvalue weighted by Crippen LogP contribution is -2.44. The van der Waals surface area contributed by atoms with Crippen molar-refractivity contribution in [2.75, 3.05) is 6.54 Å². The van der Waals surface area contributed by atoms with Gasteiger partial charge in [0.05, 0.1) is 6.04 Å². The zero-order valence-electron chi connectivity index (χ0n) is 11.9. The van der Waals surface area contributed by atoms with Gasteiger partial charge in [0.15, 0.2) is 0 Å². The lowest BCUT2D eigenvalue weighted by Gasteiger charge is -2.25. The third kappa shape index (κ3) is 4.63. The monoisotopic (exact) mass is 266 g/mol. The second kappa shape index (κ2) is 7.24. The van der Waals surface area contributed by atoms with Crippen LogP contribution in [0.1, 0.15) is 32.8 Å². The third-order valence-corrected chi connectivity index (χ3v) is 3.05. The molecule has 1 aromatic carbocycles. The molecular weight excluding hydrogens is 243 g/mol. The fourth-order valence-electron chi connectivity index (χ4n) is 2.02. The molecule has 1 atom stereocenters. The second-order valence-electron chi connectivity index (χ2n) is 5.18. The van der Waals surface area contributed by atoms with Gasteiger partial charge in [0.25, 0.3) is 0 Å². The van der Waals surface area contributed by atoms with Crippen LogP contribution in [-0.2, 0) is 11.3 Å². The predicted molar refractivity (Wildman–Crippen MR) is 74.9 cm³/mol. The first-order valence-electron chi connectivity index (χ1n) is 6.73. The molecule has 0 spiro atoms.